The van der Waals surface area contributed by atoms with Gasteiger partial charge in [0.25, 0.3) is 0 Å². The lowest BCUT2D eigenvalue weighted by Gasteiger charge is -2.16. The maximum atomic E-state index is 12.8. The summed E-state index contributed by atoms with van der Waals surface area (Å²) in [6, 6.07) is 22.1. The standard InChI is InChI=1S/C24H19N3O5S/c1-32-17-13-11-16(12-14-17)27-23(30)22(29)26(24(27)31)15-21(28)25-19-9-5-6-10-20(19)33-18-7-3-2-4-8-18/h2-14H,15H2,1H3,(H,25,28). The van der Waals surface area contributed by atoms with Gasteiger partial charge in [0.15, 0.2) is 0 Å². The van der Waals surface area contributed by atoms with E-state index >= 15 is 0 Å². The van der Waals surface area contributed by atoms with Gasteiger partial charge in [0.1, 0.15) is 12.3 Å². The monoisotopic (exact) mass is 461 g/mol. The minimum Gasteiger partial charge on any atom is -0.497 e. The summed E-state index contributed by atoms with van der Waals surface area (Å²) in [5.74, 6) is -2.13. The molecule has 33 heavy (non-hydrogen) atoms. The van der Waals surface area contributed by atoms with Gasteiger partial charge in [-0.05, 0) is 48.5 Å². The van der Waals surface area contributed by atoms with Gasteiger partial charge in [0.05, 0.1) is 18.5 Å². The number of anilines is 2. The Hall–Kier alpha value is -4.11. The van der Waals surface area contributed by atoms with E-state index in [1.165, 1.54) is 31.0 Å². The number of hydrogen-bond donors (Lipinski definition) is 1. The Morgan fingerprint density at radius 1 is 0.879 bits per heavy atom. The zero-order chi connectivity index (χ0) is 23.4. The van der Waals surface area contributed by atoms with Crippen LogP contribution in [-0.4, -0.2) is 42.3 Å². The van der Waals surface area contributed by atoms with Gasteiger partial charge in [-0.2, -0.15) is 0 Å². The first-order chi connectivity index (χ1) is 16.0. The van der Waals surface area contributed by atoms with Gasteiger partial charge in [-0.25, -0.2) is 14.6 Å². The van der Waals surface area contributed by atoms with Crippen LogP contribution in [0.4, 0.5) is 16.2 Å². The fourth-order valence-corrected chi connectivity index (χ4v) is 4.13. The Labute approximate surface area is 194 Å². The molecule has 1 heterocycles. The molecule has 0 saturated carbocycles. The van der Waals surface area contributed by atoms with E-state index in [9.17, 15) is 19.2 Å². The summed E-state index contributed by atoms with van der Waals surface area (Å²) in [5, 5.41) is 2.73. The molecule has 0 atom stereocenters. The molecule has 1 aliphatic heterocycles. The van der Waals surface area contributed by atoms with E-state index in [1.54, 1.807) is 24.3 Å². The summed E-state index contributed by atoms with van der Waals surface area (Å²) in [5.41, 5.74) is 0.750. The fraction of sp³-hybridized carbons (Fsp3) is 0.0833. The Balaban J connectivity index is 1.47. The molecule has 4 rings (SSSR count). The van der Waals surface area contributed by atoms with E-state index < -0.39 is 30.3 Å². The summed E-state index contributed by atoms with van der Waals surface area (Å²) >= 11 is 1.47. The van der Waals surface area contributed by atoms with Crippen LogP contribution in [0.2, 0.25) is 0 Å². The zero-order valence-electron chi connectivity index (χ0n) is 17.6. The molecule has 1 N–H and O–H groups in total. The molecule has 0 unspecified atom stereocenters. The van der Waals surface area contributed by atoms with Gasteiger partial charge >= 0.3 is 17.8 Å². The van der Waals surface area contributed by atoms with Crippen LogP contribution in [-0.2, 0) is 14.4 Å². The average Bonchev–Trinajstić information content (AvgIpc) is 3.04. The average molecular weight is 461 g/mol. The lowest BCUT2D eigenvalue weighted by Crippen LogP contribution is -2.39. The van der Waals surface area contributed by atoms with Gasteiger partial charge in [0.2, 0.25) is 5.91 Å². The zero-order valence-corrected chi connectivity index (χ0v) is 18.4. The first-order valence-electron chi connectivity index (χ1n) is 9.93. The topological polar surface area (TPSA) is 96.0 Å². The van der Waals surface area contributed by atoms with E-state index in [2.05, 4.69) is 5.32 Å². The van der Waals surface area contributed by atoms with Gasteiger partial charge in [0, 0.05) is 9.79 Å². The highest BCUT2D eigenvalue weighted by Gasteiger charge is 2.46. The molecule has 3 aromatic rings. The van der Waals surface area contributed by atoms with Crippen LogP contribution in [0.5, 0.6) is 5.75 Å². The van der Waals surface area contributed by atoms with Crippen LogP contribution in [0, 0.1) is 0 Å². The van der Waals surface area contributed by atoms with E-state index in [-0.39, 0.29) is 5.69 Å². The Bertz CT molecular complexity index is 1210. The maximum absolute atomic E-state index is 12.8. The second-order valence-electron chi connectivity index (χ2n) is 6.97. The lowest BCUT2D eigenvalue weighted by molar-refractivity contribution is -0.140. The minimum atomic E-state index is -1.06. The largest absolute Gasteiger partial charge is 0.497 e. The summed E-state index contributed by atoms with van der Waals surface area (Å²) in [4.78, 5) is 53.5. The molecule has 1 saturated heterocycles. The summed E-state index contributed by atoms with van der Waals surface area (Å²) < 4.78 is 5.06. The van der Waals surface area contributed by atoms with Crippen molar-refractivity contribution in [1.82, 2.24) is 4.90 Å². The Morgan fingerprint density at radius 2 is 1.55 bits per heavy atom. The van der Waals surface area contributed by atoms with Crippen molar-refractivity contribution in [1.29, 1.82) is 0 Å². The molecule has 0 bridgehead atoms. The quantitative estimate of drug-likeness (QED) is 0.425. The van der Waals surface area contributed by atoms with Gasteiger partial charge < -0.3 is 10.1 Å². The number of amides is 5. The smallest absolute Gasteiger partial charge is 0.339 e. The van der Waals surface area contributed by atoms with Crippen LogP contribution in [0.15, 0.2) is 88.7 Å². The summed E-state index contributed by atoms with van der Waals surface area (Å²) in [6.07, 6.45) is 0. The van der Waals surface area contributed by atoms with Gasteiger partial charge in [-0.15, -0.1) is 0 Å². The SMILES string of the molecule is COc1ccc(N2C(=O)C(=O)N(CC(=O)Nc3ccccc3Sc3ccccc3)C2=O)cc1. The Morgan fingerprint density at radius 3 is 2.24 bits per heavy atom. The van der Waals surface area contributed by atoms with Crippen molar-refractivity contribution in [2.24, 2.45) is 0 Å². The fourth-order valence-electron chi connectivity index (χ4n) is 3.21. The number of carbonyl (C=O) groups is 4. The third kappa shape index (κ3) is 4.73. The van der Waals surface area contributed by atoms with Crippen LogP contribution in [0.1, 0.15) is 0 Å². The number of methoxy groups -OCH3 is 1. The predicted molar refractivity (Wildman–Crippen MR) is 123 cm³/mol. The van der Waals surface area contributed by atoms with Gasteiger partial charge in [-0.1, -0.05) is 42.1 Å². The predicted octanol–water partition coefficient (Wildman–Crippen LogP) is 3.78. The van der Waals surface area contributed by atoms with E-state index in [0.29, 0.717) is 16.3 Å². The number of hydrogen-bond acceptors (Lipinski definition) is 6. The number of carbonyl (C=O) groups excluding carboxylic acids is 4. The number of nitrogens with one attached hydrogen (secondary N) is 1. The number of rotatable bonds is 7. The van der Waals surface area contributed by atoms with Crippen molar-refractivity contribution in [3.63, 3.8) is 0 Å². The lowest BCUT2D eigenvalue weighted by atomic mass is 10.3. The molecule has 1 fully saturated rings. The molecule has 5 amide bonds. The molecule has 1 aliphatic rings. The second kappa shape index (κ2) is 9.58. The third-order valence-electron chi connectivity index (χ3n) is 4.82. The van der Waals surface area contributed by atoms with Crippen molar-refractivity contribution in [2.75, 3.05) is 23.9 Å². The highest BCUT2D eigenvalue weighted by molar-refractivity contribution is 7.99. The summed E-state index contributed by atoms with van der Waals surface area (Å²) in [7, 11) is 1.49. The van der Waals surface area contributed by atoms with E-state index in [4.69, 9.17) is 4.74 Å². The number of imide groups is 2. The Kier molecular flexibility index (Phi) is 6.41. The van der Waals surface area contributed by atoms with Crippen molar-refractivity contribution < 1.29 is 23.9 Å². The molecule has 0 spiro atoms. The highest BCUT2D eigenvalue weighted by Crippen LogP contribution is 2.33. The molecule has 0 aliphatic carbocycles. The van der Waals surface area contributed by atoms with Crippen molar-refractivity contribution in [3.8, 4) is 5.75 Å². The van der Waals surface area contributed by atoms with Crippen LogP contribution < -0.4 is 15.0 Å². The minimum absolute atomic E-state index is 0.215. The van der Waals surface area contributed by atoms with Gasteiger partial charge in [-0.3, -0.25) is 14.4 Å². The molecular weight excluding hydrogens is 442 g/mol. The molecule has 8 nitrogen and oxygen atoms in total. The van der Waals surface area contributed by atoms with Crippen LogP contribution in [0.25, 0.3) is 0 Å². The first kappa shape index (κ1) is 22.1. The molecule has 0 radical (unpaired) electrons. The maximum Gasteiger partial charge on any atom is 0.339 e. The second-order valence-corrected chi connectivity index (χ2v) is 8.09. The molecule has 166 valence electrons. The molecule has 0 aromatic heterocycles. The van der Waals surface area contributed by atoms with Crippen molar-refractivity contribution in [2.45, 2.75) is 9.79 Å². The van der Waals surface area contributed by atoms with E-state index in [1.807, 2.05) is 42.5 Å². The number of benzene rings is 3. The number of nitrogens with zero attached hydrogens (tertiary/aromatic N) is 2. The van der Waals surface area contributed by atoms with Crippen molar-refractivity contribution in [3.05, 3.63) is 78.9 Å². The number of urea groups is 1. The normalized spacial score (nSPS) is 13.4. The van der Waals surface area contributed by atoms with E-state index in [0.717, 1.165) is 14.7 Å². The van der Waals surface area contributed by atoms with Crippen molar-refractivity contribution >= 4 is 46.9 Å². The van der Waals surface area contributed by atoms with Crippen LogP contribution in [0.3, 0.4) is 0 Å². The molecular formula is C24H19N3O5S. The number of ether oxygens (including phenoxy) is 1. The van der Waals surface area contributed by atoms with Crippen LogP contribution >= 0.6 is 11.8 Å². The third-order valence-corrected chi connectivity index (χ3v) is 5.90. The highest BCUT2D eigenvalue weighted by atomic mass is 32.2. The molecule has 9 heteroatoms. The first-order valence-corrected chi connectivity index (χ1v) is 10.8. The summed E-state index contributed by atoms with van der Waals surface area (Å²) in [6.45, 7) is -0.583. The number of para-hydroxylation sites is 1. The molecule has 3 aromatic carbocycles.